The van der Waals surface area contributed by atoms with Gasteiger partial charge in [-0.1, -0.05) is 11.3 Å². The first-order chi connectivity index (χ1) is 12.1. The summed E-state index contributed by atoms with van der Waals surface area (Å²) in [6, 6.07) is 3.75. The minimum Gasteiger partial charge on any atom is -0.305 e. The predicted molar refractivity (Wildman–Crippen MR) is 92.4 cm³/mol. The van der Waals surface area contributed by atoms with Crippen LogP contribution in [0.4, 0.5) is 10.9 Å². The molecule has 0 aromatic carbocycles. The molecule has 0 fully saturated rings. The highest BCUT2D eigenvalue weighted by Gasteiger charge is 2.12. The standard InChI is InChI=1S/C14H13N9OS/c1-7-3-8(2)18-11-10(7)12(22-21-11)20-16-5-9(4-15)13(24)19-14-23-17-6-25-14/h3,5-6,16H,1-2H3,(H,19,23,24)(H2,18,20,21,22)/b9-5+. The first-order valence-corrected chi connectivity index (χ1v) is 7.98. The van der Waals surface area contributed by atoms with E-state index < -0.39 is 5.91 Å². The molecule has 11 heteroatoms. The molecule has 0 spiro atoms. The number of fused-ring (bicyclic) bond motifs is 1. The number of carbonyl (C=O) groups is 1. The van der Waals surface area contributed by atoms with Gasteiger partial charge in [-0.2, -0.15) is 10.4 Å². The number of pyridine rings is 1. The molecule has 0 aliphatic heterocycles. The lowest BCUT2D eigenvalue weighted by molar-refractivity contribution is -0.112. The molecular formula is C14H13N9OS. The topological polar surface area (TPSA) is 144 Å². The van der Waals surface area contributed by atoms with E-state index >= 15 is 0 Å². The van der Waals surface area contributed by atoms with Crippen molar-refractivity contribution >= 4 is 39.2 Å². The van der Waals surface area contributed by atoms with E-state index in [2.05, 4.69) is 41.5 Å². The predicted octanol–water partition coefficient (Wildman–Crippen LogP) is 1.39. The van der Waals surface area contributed by atoms with Gasteiger partial charge >= 0.3 is 0 Å². The summed E-state index contributed by atoms with van der Waals surface area (Å²) in [5.74, 6) is -0.00503. The Labute approximate surface area is 146 Å². The molecule has 0 bridgehead atoms. The number of rotatable bonds is 5. The second kappa shape index (κ2) is 6.93. The summed E-state index contributed by atoms with van der Waals surface area (Å²) in [5.41, 5.74) is 9.38. The lowest BCUT2D eigenvalue weighted by Gasteiger charge is -2.06. The Morgan fingerprint density at radius 2 is 2.28 bits per heavy atom. The SMILES string of the molecule is Cc1cc(C)c2c(NN/C=C(\C#N)C(=O)Nc3nncs3)[nH]nc2n1. The maximum atomic E-state index is 12.0. The van der Waals surface area contributed by atoms with Crippen molar-refractivity contribution in [1.29, 1.82) is 5.26 Å². The molecule has 10 nitrogen and oxygen atoms in total. The maximum Gasteiger partial charge on any atom is 0.269 e. The summed E-state index contributed by atoms with van der Waals surface area (Å²) in [6.07, 6.45) is 1.25. The molecule has 1 amide bonds. The van der Waals surface area contributed by atoms with E-state index in [1.54, 1.807) is 0 Å². The number of nitrogens with one attached hydrogen (secondary N) is 4. The van der Waals surface area contributed by atoms with Crippen molar-refractivity contribution in [3.05, 3.63) is 34.6 Å². The van der Waals surface area contributed by atoms with Gasteiger partial charge in [0.25, 0.3) is 5.91 Å². The second-order valence-electron chi connectivity index (χ2n) is 5.01. The first-order valence-electron chi connectivity index (χ1n) is 7.10. The van der Waals surface area contributed by atoms with Gasteiger partial charge in [-0.05, 0) is 25.5 Å². The van der Waals surface area contributed by atoms with Crippen LogP contribution in [0.15, 0.2) is 23.3 Å². The van der Waals surface area contributed by atoms with Gasteiger partial charge in [0.15, 0.2) is 5.65 Å². The quantitative estimate of drug-likeness (QED) is 0.305. The summed E-state index contributed by atoms with van der Waals surface area (Å²) >= 11 is 1.16. The van der Waals surface area contributed by atoms with E-state index in [0.29, 0.717) is 16.6 Å². The molecule has 0 saturated carbocycles. The molecule has 0 aliphatic carbocycles. The molecular weight excluding hydrogens is 342 g/mol. The number of aromatic amines is 1. The number of hydrogen-bond acceptors (Lipinski definition) is 9. The Balaban J connectivity index is 1.71. The summed E-state index contributed by atoms with van der Waals surface area (Å²) < 4.78 is 0. The summed E-state index contributed by atoms with van der Waals surface area (Å²) in [5, 5.41) is 27.0. The summed E-state index contributed by atoms with van der Waals surface area (Å²) in [4.78, 5) is 16.3. The molecule has 4 N–H and O–H groups in total. The molecule has 25 heavy (non-hydrogen) atoms. The van der Waals surface area contributed by atoms with E-state index in [0.717, 1.165) is 28.0 Å². The fraction of sp³-hybridized carbons (Fsp3) is 0.143. The number of aromatic nitrogens is 5. The molecule has 3 rings (SSSR count). The van der Waals surface area contributed by atoms with E-state index in [1.165, 1.54) is 11.7 Å². The number of nitriles is 1. The van der Waals surface area contributed by atoms with Crippen LogP contribution >= 0.6 is 11.3 Å². The van der Waals surface area contributed by atoms with Gasteiger partial charge in [-0.3, -0.25) is 20.6 Å². The molecule has 3 heterocycles. The molecule has 0 aliphatic rings. The van der Waals surface area contributed by atoms with E-state index in [9.17, 15) is 4.79 Å². The average molecular weight is 355 g/mol. The highest BCUT2D eigenvalue weighted by Crippen LogP contribution is 2.22. The maximum absolute atomic E-state index is 12.0. The third kappa shape index (κ3) is 3.54. The van der Waals surface area contributed by atoms with Crippen molar-refractivity contribution in [2.75, 3.05) is 10.7 Å². The molecule has 0 radical (unpaired) electrons. The highest BCUT2D eigenvalue weighted by atomic mass is 32.1. The molecule has 126 valence electrons. The summed E-state index contributed by atoms with van der Waals surface area (Å²) in [7, 11) is 0. The summed E-state index contributed by atoms with van der Waals surface area (Å²) in [6.45, 7) is 3.84. The number of aryl methyl sites for hydroxylation is 2. The third-order valence-electron chi connectivity index (χ3n) is 3.21. The van der Waals surface area contributed by atoms with Crippen molar-refractivity contribution in [3.63, 3.8) is 0 Å². The van der Waals surface area contributed by atoms with Gasteiger partial charge in [0, 0.05) is 11.9 Å². The Kier molecular flexibility index (Phi) is 4.53. The monoisotopic (exact) mass is 355 g/mol. The number of hydrazine groups is 1. The smallest absolute Gasteiger partial charge is 0.269 e. The molecule has 0 saturated heterocycles. The van der Waals surface area contributed by atoms with Crippen LogP contribution in [-0.4, -0.2) is 31.3 Å². The number of amides is 1. The van der Waals surface area contributed by atoms with Crippen LogP contribution in [0.25, 0.3) is 11.0 Å². The number of nitrogens with zero attached hydrogens (tertiary/aromatic N) is 5. The molecule has 0 atom stereocenters. The zero-order chi connectivity index (χ0) is 17.8. The first kappa shape index (κ1) is 16.3. The Hall–Kier alpha value is -3.52. The number of anilines is 2. The van der Waals surface area contributed by atoms with Gasteiger partial charge in [0.05, 0.1) is 5.39 Å². The van der Waals surface area contributed by atoms with Gasteiger partial charge < -0.3 is 5.43 Å². The van der Waals surface area contributed by atoms with E-state index in [-0.39, 0.29) is 5.57 Å². The van der Waals surface area contributed by atoms with E-state index in [1.807, 2.05) is 26.0 Å². The van der Waals surface area contributed by atoms with Crippen LogP contribution < -0.4 is 16.2 Å². The lowest BCUT2D eigenvalue weighted by Crippen LogP contribution is -2.20. The zero-order valence-electron chi connectivity index (χ0n) is 13.3. The minimum absolute atomic E-state index is 0.128. The van der Waals surface area contributed by atoms with Gasteiger partial charge in [0.1, 0.15) is 23.0 Å². The van der Waals surface area contributed by atoms with Gasteiger partial charge in [-0.15, -0.1) is 10.2 Å². The Morgan fingerprint density at radius 1 is 1.44 bits per heavy atom. The second-order valence-corrected chi connectivity index (χ2v) is 5.85. The Morgan fingerprint density at radius 3 is 3.00 bits per heavy atom. The molecule has 3 aromatic rings. The normalized spacial score (nSPS) is 11.2. The fourth-order valence-electron chi connectivity index (χ4n) is 2.18. The van der Waals surface area contributed by atoms with Crippen molar-refractivity contribution < 1.29 is 4.79 Å². The lowest BCUT2D eigenvalue weighted by atomic mass is 10.2. The fourth-order valence-corrected chi connectivity index (χ4v) is 2.62. The molecule has 3 aromatic heterocycles. The third-order valence-corrected chi connectivity index (χ3v) is 3.82. The van der Waals surface area contributed by atoms with Crippen molar-refractivity contribution in [2.24, 2.45) is 0 Å². The highest BCUT2D eigenvalue weighted by molar-refractivity contribution is 7.13. The van der Waals surface area contributed by atoms with Crippen LogP contribution in [0.1, 0.15) is 11.3 Å². The minimum atomic E-state index is -0.587. The van der Waals surface area contributed by atoms with Crippen LogP contribution in [0.3, 0.4) is 0 Å². The number of H-pyrrole nitrogens is 1. The van der Waals surface area contributed by atoms with Crippen molar-refractivity contribution in [2.45, 2.75) is 13.8 Å². The van der Waals surface area contributed by atoms with Gasteiger partial charge in [0.2, 0.25) is 5.13 Å². The molecule has 0 unspecified atom stereocenters. The van der Waals surface area contributed by atoms with Crippen LogP contribution in [0.2, 0.25) is 0 Å². The zero-order valence-corrected chi connectivity index (χ0v) is 14.1. The van der Waals surface area contributed by atoms with Crippen LogP contribution in [0.5, 0.6) is 0 Å². The van der Waals surface area contributed by atoms with Crippen LogP contribution in [0, 0.1) is 25.2 Å². The number of carbonyl (C=O) groups excluding carboxylic acids is 1. The van der Waals surface area contributed by atoms with E-state index in [4.69, 9.17) is 5.26 Å². The van der Waals surface area contributed by atoms with Crippen molar-refractivity contribution in [3.8, 4) is 6.07 Å². The largest absolute Gasteiger partial charge is 0.305 e. The Bertz CT molecular complexity index is 984. The van der Waals surface area contributed by atoms with Crippen LogP contribution in [-0.2, 0) is 4.79 Å². The van der Waals surface area contributed by atoms with Crippen molar-refractivity contribution in [1.82, 2.24) is 30.8 Å². The van der Waals surface area contributed by atoms with Gasteiger partial charge in [-0.25, -0.2) is 4.98 Å². The number of hydrogen-bond donors (Lipinski definition) is 4. The average Bonchev–Trinajstić information content (AvgIpc) is 3.21.